The van der Waals surface area contributed by atoms with E-state index in [1.807, 2.05) is 0 Å². The third-order valence-corrected chi connectivity index (χ3v) is 2.43. The lowest BCUT2D eigenvalue weighted by atomic mass is 10.0. The summed E-state index contributed by atoms with van der Waals surface area (Å²) in [6.07, 6.45) is -6.52. The predicted molar refractivity (Wildman–Crippen MR) is 55.3 cm³/mol. The molecule has 0 unspecified atom stereocenters. The number of ketones is 1. The number of hydrogen-bond donors (Lipinski definition) is 0. The van der Waals surface area contributed by atoms with E-state index in [4.69, 9.17) is 0 Å². The minimum atomic E-state index is -4.37. The van der Waals surface area contributed by atoms with Gasteiger partial charge < -0.3 is 0 Å². The van der Waals surface area contributed by atoms with Crippen LogP contribution in [0.3, 0.4) is 0 Å². The molecular formula is C12H11F5O. The highest BCUT2D eigenvalue weighted by molar-refractivity contribution is 5.96. The molecule has 0 amide bonds. The van der Waals surface area contributed by atoms with Crippen molar-refractivity contribution >= 4 is 5.78 Å². The van der Waals surface area contributed by atoms with Gasteiger partial charge in [0.1, 0.15) is 11.6 Å². The van der Waals surface area contributed by atoms with Crippen molar-refractivity contribution in [2.45, 2.75) is 32.4 Å². The van der Waals surface area contributed by atoms with E-state index in [1.54, 1.807) is 0 Å². The number of carbonyl (C=O) groups excluding carboxylic acids is 1. The minimum Gasteiger partial charge on any atom is -0.294 e. The molecule has 0 bridgehead atoms. The third kappa shape index (κ3) is 3.78. The maximum atomic E-state index is 13.5. The van der Waals surface area contributed by atoms with Crippen LogP contribution in [0.5, 0.6) is 0 Å². The zero-order valence-corrected chi connectivity index (χ0v) is 9.57. The highest BCUT2D eigenvalue weighted by atomic mass is 19.4. The second kappa shape index (κ2) is 5.46. The maximum absolute atomic E-state index is 13.5. The van der Waals surface area contributed by atoms with Crippen molar-refractivity contribution in [1.82, 2.24) is 0 Å². The van der Waals surface area contributed by atoms with Crippen LogP contribution in [0, 0.1) is 18.6 Å². The van der Waals surface area contributed by atoms with E-state index in [0.717, 1.165) is 12.1 Å². The van der Waals surface area contributed by atoms with Crippen molar-refractivity contribution < 1.29 is 26.7 Å². The fourth-order valence-corrected chi connectivity index (χ4v) is 1.49. The zero-order chi connectivity index (χ0) is 13.9. The molecule has 0 aromatic heterocycles. The van der Waals surface area contributed by atoms with Crippen LogP contribution in [0.15, 0.2) is 12.1 Å². The average Bonchev–Trinajstić information content (AvgIpc) is 2.22. The van der Waals surface area contributed by atoms with E-state index in [9.17, 15) is 26.7 Å². The van der Waals surface area contributed by atoms with Crippen LogP contribution in [-0.2, 0) is 0 Å². The minimum absolute atomic E-state index is 0.0792. The summed E-state index contributed by atoms with van der Waals surface area (Å²) < 4.78 is 62.4. The van der Waals surface area contributed by atoms with Crippen LogP contribution in [0.25, 0.3) is 0 Å². The summed E-state index contributed by atoms with van der Waals surface area (Å²) in [7, 11) is 0. The Labute approximate surface area is 101 Å². The number of Topliss-reactive ketones (excluding diaryl/α,β-unsaturated/α-hetero) is 1. The van der Waals surface area contributed by atoms with Crippen LogP contribution in [-0.4, -0.2) is 12.0 Å². The number of alkyl halides is 3. The van der Waals surface area contributed by atoms with Crippen LogP contribution in [0.4, 0.5) is 22.0 Å². The van der Waals surface area contributed by atoms with Gasteiger partial charge in [0.05, 0.1) is 5.56 Å². The molecule has 1 rings (SSSR count). The Morgan fingerprint density at radius 3 is 2.39 bits per heavy atom. The molecule has 1 aromatic rings. The summed E-state index contributed by atoms with van der Waals surface area (Å²) in [5.41, 5.74) is -0.673. The molecule has 6 heteroatoms. The van der Waals surface area contributed by atoms with E-state index in [2.05, 4.69) is 0 Å². The SMILES string of the molecule is Cc1ccc(F)c(C(=O)CCCC(F)(F)F)c1F. The monoisotopic (exact) mass is 266 g/mol. The van der Waals surface area contributed by atoms with E-state index in [-0.39, 0.29) is 5.56 Å². The standard InChI is InChI=1S/C12H11F5O/c1-7-4-5-8(13)10(11(7)14)9(18)3-2-6-12(15,16)17/h4-5H,2-3,6H2,1H3. The summed E-state index contributed by atoms with van der Waals surface area (Å²) in [4.78, 5) is 11.5. The van der Waals surface area contributed by atoms with Crippen molar-refractivity contribution in [3.05, 3.63) is 34.9 Å². The van der Waals surface area contributed by atoms with Crippen LogP contribution < -0.4 is 0 Å². The first kappa shape index (κ1) is 14.6. The molecule has 0 aliphatic heterocycles. The van der Waals surface area contributed by atoms with Crippen molar-refractivity contribution in [3.63, 3.8) is 0 Å². The van der Waals surface area contributed by atoms with Crippen LogP contribution in [0.1, 0.15) is 35.2 Å². The lowest BCUT2D eigenvalue weighted by Gasteiger charge is -2.07. The Morgan fingerprint density at radius 1 is 1.22 bits per heavy atom. The number of hydrogen-bond acceptors (Lipinski definition) is 1. The molecule has 0 saturated heterocycles. The molecular weight excluding hydrogens is 255 g/mol. The molecule has 100 valence electrons. The Morgan fingerprint density at radius 2 is 1.83 bits per heavy atom. The number of benzene rings is 1. The molecule has 0 N–H and O–H groups in total. The summed E-state index contributed by atoms with van der Waals surface area (Å²) >= 11 is 0. The molecule has 18 heavy (non-hydrogen) atoms. The quantitative estimate of drug-likeness (QED) is 0.590. The largest absolute Gasteiger partial charge is 0.389 e. The molecule has 0 heterocycles. The van der Waals surface area contributed by atoms with Gasteiger partial charge in [0.25, 0.3) is 0 Å². The maximum Gasteiger partial charge on any atom is 0.389 e. The Kier molecular flexibility index (Phi) is 4.43. The van der Waals surface area contributed by atoms with E-state index < -0.39 is 48.4 Å². The fraction of sp³-hybridized carbons (Fsp3) is 0.417. The van der Waals surface area contributed by atoms with Gasteiger partial charge in [-0.05, 0) is 25.0 Å². The van der Waals surface area contributed by atoms with Gasteiger partial charge >= 0.3 is 6.18 Å². The third-order valence-electron chi connectivity index (χ3n) is 2.43. The molecule has 0 aliphatic carbocycles. The predicted octanol–water partition coefficient (Wildman–Crippen LogP) is 4.19. The Hall–Kier alpha value is -1.46. The van der Waals surface area contributed by atoms with Crippen molar-refractivity contribution in [2.24, 2.45) is 0 Å². The number of aryl methyl sites for hydroxylation is 1. The molecule has 0 spiro atoms. The van der Waals surface area contributed by atoms with Crippen molar-refractivity contribution in [2.75, 3.05) is 0 Å². The first-order chi connectivity index (χ1) is 8.22. The second-order valence-electron chi connectivity index (χ2n) is 3.95. The number of rotatable bonds is 4. The number of halogens is 5. The summed E-state index contributed by atoms with van der Waals surface area (Å²) in [5, 5.41) is 0. The highest BCUT2D eigenvalue weighted by Gasteiger charge is 2.27. The van der Waals surface area contributed by atoms with Crippen molar-refractivity contribution in [3.8, 4) is 0 Å². The fourth-order valence-electron chi connectivity index (χ4n) is 1.49. The topological polar surface area (TPSA) is 17.1 Å². The van der Waals surface area contributed by atoms with E-state index >= 15 is 0 Å². The van der Waals surface area contributed by atoms with Gasteiger partial charge in [0, 0.05) is 12.8 Å². The molecule has 1 nitrogen and oxygen atoms in total. The molecule has 0 saturated carbocycles. The molecule has 0 fully saturated rings. The number of carbonyl (C=O) groups is 1. The summed E-state index contributed by atoms with van der Waals surface area (Å²) in [6.45, 7) is 1.35. The van der Waals surface area contributed by atoms with Gasteiger partial charge in [-0.3, -0.25) is 4.79 Å². The van der Waals surface area contributed by atoms with Gasteiger partial charge in [-0.2, -0.15) is 13.2 Å². The summed E-state index contributed by atoms with van der Waals surface area (Å²) in [5.74, 6) is -3.00. The smallest absolute Gasteiger partial charge is 0.294 e. The molecule has 0 radical (unpaired) electrons. The summed E-state index contributed by atoms with van der Waals surface area (Å²) in [6, 6.07) is 2.09. The Balaban J connectivity index is 2.76. The lowest BCUT2D eigenvalue weighted by molar-refractivity contribution is -0.135. The van der Waals surface area contributed by atoms with Crippen LogP contribution >= 0.6 is 0 Å². The van der Waals surface area contributed by atoms with Gasteiger partial charge in [-0.1, -0.05) is 6.07 Å². The van der Waals surface area contributed by atoms with Gasteiger partial charge in [0.15, 0.2) is 5.78 Å². The highest BCUT2D eigenvalue weighted by Crippen LogP contribution is 2.24. The Bertz CT molecular complexity index is 451. The normalized spacial score (nSPS) is 11.7. The molecule has 0 aliphatic rings. The zero-order valence-electron chi connectivity index (χ0n) is 9.57. The first-order valence-electron chi connectivity index (χ1n) is 5.27. The van der Waals surface area contributed by atoms with Crippen LogP contribution in [0.2, 0.25) is 0 Å². The van der Waals surface area contributed by atoms with Gasteiger partial charge in [-0.15, -0.1) is 0 Å². The molecule has 0 atom stereocenters. The average molecular weight is 266 g/mol. The van der Waals surface area contributed by atoms with E-state index in [1.165, 1.54) is 6.92 Å². The van der Waals surface area contributed by atoms with Gasteiger partial charge in [0.2, 0.25) is 0 Å². The van der Waals surface area contributed by atoms with Crippen molar-refractivity contribution in [1.29, 1.82) is 0 Å². The lowest BCUT2D eigenvalue weighted by Crippen LogP contribution is -2.11. The van der Waals surface area contributed by atoms with Gasteiger partial charge in [-0.25, -0.2) is 8.78 Å². The molecule has 1 aromatic carbocycles. The second-order valence-corrected chi connectivity index (χ2v) is 3.95. The van der Waals surface area contributed by atoms with E-state index in [0.29, 0.717) is 0 Å². The first-order valence-corrected chi connectivity index (χ1v) is 5.27.